The molecule has 0 heterocycles. The van der Waals surface area contributed by atoms with Gasteiger partial charge < -0.3 is 16.3 Å². The van der Waals surface area contributed by atoms with E-state index in [0.29, 0.717) is 0 Å². The number of hydrogen-bond acceptors (Lipinski definition) is 3. The molecule has 0 fully saturated rings. The molecule has 0 bridgehead atoms. The minimum atomic E-state index is -0.326. The Balaban J connectivity index is 2.32. The van der Waals surface area contributed by atoms with Crippen LogP contribution in [-0.2, 0) is 6.42 Å². The van der Waals surface area contributed by atoms with Crippen LogP contribution in [0.3, 0.4) is 0 Å². The van der Waals surface area contributed by atoms with Crippen LogP contribution in [0.2, 0.25) is 0 Å². The Kier molecular flexibility index (Phi) is 5.95. The first-order chi connectivity index (χ1) is 9.36. The van der Waals surface area contributed by atoms with E-state index < -0.39 is 0 Å². The summed E-state index contributed by atoms with van der Waals surface area (Å²) in [4.78, 5) is 0. The van der Waals surface area contributed by atoms with Crippen LogP contribution in [0.4, 0.5) is 4.39 Å². The van der Waals surface area contributed by atoms with E-state index in [0.717, 1.165) is 37.1 Å². The molecule has 0 saturated heterocycles. The molecule has 112 valence electrons. The average molecular weight is 281 g/mol. The number of nitrogens with zero attached hydrogens (tertiary/aromatic N) is 1. The van der Waals surface area contributed by atoms with Crippen LogP contribution in [-0.4, -0.2) is 24.1 Å². The Hall–Kier alpha value is -1.62. The number of aryl methyl sites for hydroxylation is 1. The molecule has 0 aliphatic heterocycles. The van der Waals surface area contributed by atoms with Gasteiger partial charge >= 0.3 is 0 Å². The van der Waals surface area contributed by atoms with Crippen molar-refractivity contribution in [2.75, 3.05) is 13.1 Å². The first-order valence-corrected chi connectivity index (χ1v) is 6.80. The summed E-state index contributed by atoms with van der Waals surface area (Å²) in [5.41, 5.74) is 7.42. The van der Waals surface area contributed by atoms with Crippen molar-refractivity contribution < 1.29 is 9.60 Å². The molecule has 0 unspecified atom stereocenters. The average Bonchev–Trinajstić information content (AvgIpc) is 2.39. The van der Waals surface area contributed by atoms with Crippen LogP contribution in [0.1, 0.15) is 31.4 Å². The van der Waals surface area contributed by atoms with E-state index in [1.807, 2.05) is 26.8 Å². The summed E-state index contributed by atoms with van der Waals surface area (Å²) in [6.07, 6.45) is 1.64. The predicted octanol–water partition coefficient (Wildman–Crippen LogP) is 2.43. The normalized spacial score (nSPS) is 12.7. The van der Waals surface area contributed by atoms with Crippen molar-refractivity contribution in [1.82, 2.24) is 5.32 Å². The summed E-state index contributed by atoms with van der Waals surface area (Å²) >= 11 is 0. The summed E-state index contributed by atoms with van der Waals surface area (Å²) in [7, 11) is 0. The summed E-state index contributed by atoms with van der Waals surface area (Å²) in [5, 5.41) is 15.1. The fourth-order valence-electron chi connectivity index (χ4n) is 1.95. The standard InChI is InChI=1S/C15H24FN3O/c1-11-10-13(16)5-4-12(11)6-8-18-9-7-15(2,3)14(17)19-20/h4-5,10,18,20H,6-9H2,1-3H3,(H2,17,19). The molecule has 0 aliphatic carbocycles. The summed E-state index contributed by atoms with van der Waals surface area (Å²) in [6, 6.07) is 4.87. The lowest BCUT2D eigenvalue weighted by atomic mass is 9.88. The maximum atomic E-state index is 13.0. The fraction of sp³-hybridized carbons (Fsp3) is 0.533. The van der Waals surface area contributed by atoms with Gasteiger partial charge in [-0.05, 0) is 56.1 Å². The maximum absolute atomic E-state index is 13.0. The van der Waals surface area contributed by atoms with Gasteiger partial charge in [-0.3, -0.25) is 0 Å². The molecule has 4 nitrogen and oxygen atoms in total. The van der Waals surface area contributed by atoms with Crippen molar-refractivity contribution in [3.05, 3.63) is 35.1 Å². The molecule has 0 spiro atoms. The van der Waals surface area contributed by atoms with E-state index in [-0.39, 0.29) is 17.1 Å². The number of amidine groups is 1. The highest BCUT2D eigenvalue weighted by atomic mass is 19.1. The van der Waals surface area contributed by atoms with Gasteiger partial charge in [-0.2, -0.15) is 0 Å². The van der Waals surface area contributed by atoms with Gasteiger partial charge in [-0.1, -0.05) is 25.1 Å². The molecule has 0 saturated carbocycles. The SMILES string of the molecule is Cc1cc(F)ccc1CCNCCC(C)(C)/C(N)=N/O. The van der Waals surface area contributed by atoms with E-state index in [9.17, 15) is 4.39 Å². The Bertz CT molecular complexity index is 472. The van der Waals surface area contributed by atoms with Gasteiger partial charge in [0, 0.05) is 5.41 Å². The third kappa shape index (κ3) is 4.81. The fourth-order valence-corrected chi connectivity index (χ4v) is 1.95. The van der Waals surface area contributed by atoms with Crippen molar-refractivity contribution in [2.45, 2.75) is 33.6 Å². The van der Waals surface area contributed by atoms with Crippen LogP contribution < -0.4 is 11.1 Å². The third-order valence-electron chi connectivity index (χ3n) is 3.60. The number of nitrogens with one attached hydrogen (secondary N) is 1. The lowest BCUT2D eigenvalue weighted by Gasteiger charge is -2.22. The number of halogens is 1. The highest BCUT2D eigenvalue weighted by molar-refractivity contribution is 5.85. The molecule has 0 radical (unpaired) electrons. The molecule has 0 aromatic heterocycles. The molecule has 1 aromatic carbocycles. The zero-order valence-corrected chi connectivity index (χ0v) is 12.4. The topological polar surface area (TPSA) is 70.6 Å². The first kappa shape index (κ1) is 16.4. The molecule has 5 heteroatoms. The monoisotopic (exact) mass is 281 g/mol. The Morgan fingerprint density at radius 3 is 2.70 bits per heavy atom. The highest BCUT2D eigenvalue weighted by Gasteiger charge is 2.22. The quantitative estimate of drug-likeness (QED) is 0.236. The lowest BCUT2D eigenvalue weighted by Crippen LogP contribution is -2.35. The Labute approximate surface area is 119 Å². The number of rotatable bonds is 7. The number of oxime groups is 1. The summed E-state index contributed by atoms with van der Waals surface area (Å²) in [5.74, 6) is 0.0494. The maximum Gasteiger partial charge on any atom is 0.144 e. The lowest BCUT2D eigenvalue weighted by molar-refractivity contribution is 0.305. The van der Waals surface area contributed by atoms with Crippen LogP contribution in [0.25, 0.3) is 0 Å². The van der Waals surface area contributed by atoms with Crippen molar-refractivity contribution in [3.8, 4) is 0 Å². The molecular weight excluding hydrogens is 257 g/mol. The van der Waals surface area contributed by atoms with Gasteiger partial charge in [0.2, 0.25) is 0 Å². The molecule has 1 aromatic rings. The van der Waals surface area contributed by atoms with Crippen LogP contribution >= 0.6 is 0 Å². The van der Waals surface area contributed by atoms with E-state index in [4.69, 9.17) is 10.9 Å². The van der Waals surface area contributed by atoms with Gasteiger partial charge in [0.15, 0.2) is 0 Å². The Morgan fingerprint density at radius 1 is 1.40 bits per heavy atom. The van der Waals surface area contributed by atoms with Crippen molar-refractivity contribution >= 4 is 5.84 Å². The zero-order valence-electron chi connectivity index (χ0n) is 12.4. The summed E-state index contributed by atoms with van der Waals surface area (Å²) < 4.78 is 13.0. The van der Waals surface area contributed by atoms with Gasteiger partial charge in [0.1, 0.15) is 11.7 Å². The number of hydrogen-bond donors (Lipinski definition) is 3. The van der Waals surface area contributed by atoms with E-state index in [1.165, 1.54) is 6.07 Å². The Morgan fingerprint density at radius 2 is 2.10 bits per heavy atom. The molecule has 1 rings (SSSR count). The molecule has 0 atom stereocenters. The smallest absolute Gasteiger partial charge is 0.144 e. The zero-order chi connectivity index (χ0) is 15.2. The second-order valence-electron chi connectivity index (χ2n) is 5.69. The molecule has 4 N–H and O–H groups in total. The van der Waals surface area contributed by atoms with Crippen molar-refractivity contribution in [2.24, 2.45) is 16.3 Å². The number of benzene rings is 1. The van der Waals surface area contributed by atoms with Crippen molar-refractivity contribution in [3.63, 3.8) is 0 Å². The van der Waals surface area contributed by atoms with E-state index in [1.54, 1.807) is 6.07 Å². The predicted molar refractivity (Wildman–Crippen MR) is 79.5 cm³/mol. The highest BCUT2D eigenvalue weighted by Crippen LogP contribution is 2.19. The van der Waals surface area contributed by atoms with Crippen molar-refractivity contribution in [1.29, 1.82) is 0 Å². The van der Waals surface area contributed by atoms with Gasteiger partial charge in [-0.25, -0.2) is 4.39 Å². The first-order valence-electron chi connectivity index (χ1n) is 6.80. The van der Waals surface area contributed by atoms with Gasteiger partial charge in [-0.15, -0.1) is 0 Å². The molecular formula is C15H24FN3O. The minimum absolute atomic E-state index is 0.195. The van der Waals surface area contributed by atoms with Crippen LogP contribution in [0.15, 0.2) is 23.4 Å². The van der Waals surface area contributed by atoms with E-state index >= 15 is 0 Å². The largest absolute Gasteiger partial charge is 0.409 e. The summed E-state index contributed by atoms with van der Waals surface area (Å²) in [6.45, 7) is 7.39. The molecule has 0 amide bonds. The van der Waals surface area contributed by atoms with Crippen LogP contribution in [0.5, 0.6) is 0 Å². The second-order valence-corrected chi connectivity index (χ2v) is 5.69. The van der Waals surface area contributed by atoms with Gasteiger partial charge in [0.25, 0.3) is 0 Å². The third-order valence-corrected chi connectivity index (χ3v) is 3.60. The van der Waals surface area contributed by atoms with Crippen LogP contribution in [0, 0.1) is 18.2 Å². The minimum Gasteiger partial charge on any atom is -0.409 e. The van der Waals surface area contributed by atoms with Gasteiger partial charge in [0.05, 0.1) is 0 Å². The second kappa shape index (κ2) is 7.24. The van der Waals surface area contributed by atoms with E-state index in [2.05, 4.69) is 10.5 Å². The number of nitrogens with two attached hydrogens (primary N) is 1. The molecule has 20 heavy (non-hydrogen) atoms. The molecule has 0 aliphatic rings.